The third-order valence-corrected chi connectivity index (χ3v) is 1.89. The van der Waals surface area contributed by atoms with Crippen LogP contribution in [0.3, 0.4) is 0 Å². The molecular weight excluding hydrogens is 152 g/mol. The van der Waals surface area contributed by atoms with Crippen LogP contribution in [0, 0.1) is 0 Å². The first-order chi connectivity index (χ1) is 5.90. The molecule has 0 saturated heterocycles. The van der Waals surface area contributed by atoms with Gasteiger partial charge in [-0.25, -0.2) is 0 Å². The zero-order valence-electron chi connectivity index (χ0n) is 6.66. The number of aromatic nitrogens is 1. The Kier molecular flexibility index (Phi) is 1.78. The Balaban J connectivity index is 2.20. The fourth-order valence-electron chi connectivity index (χ4n) is 1.08. The van der Waals surface area contributed by atoms with Crippen molar-refractivity contribution in [3.63, 3.8) is 0 Å². The fraction of sp³-hybridized carbons (Fsp3) is 0.333. The van der Waals surface area contributed by atoms with Crippen molar-refractivity contribution >= 4 is 12.0 Å². The third kappa shape index (κ3) is 1.44. The van der Waals surface area contributed by atoms with E-state index in [-0.39, 0.29) is 0 Å². The molecule has 0 aliphatic heterocycles. The molecule has 1 aliphatic carbocycles. The molecular formula is C9H10N2O. The zero-order valence-corrected chi connectivity index (χ0v) is 6.66. The maximum atomic E-state index is 10.5. The molecule has 0 atom stereocenters. The molecule has 0 aromatic carbocycles. The molecule has 0 amide bonds. The van der Waals surface area contributed by atoms with E-state index < -0.39 is 0 Å². The Labute approximate surface area is 70.8 Å². The maximum absolute atomic E-state index is 10.5. The second-order valence-corrected chi connectivity index (χ2v) is 2.97. The van der Waals surface area contributed by atoms with Crippen LogP contribution in [0.15, 0.2) is 18.3 Å². The van der Waals surface area contributed by atoms with Crippen molar-refractivity contribution in [2.45, 2.75) is 18.9 Å². The molecule has 2 rings (SSSR count). The number of hydrogen-bond donors (Lipinski definition) is 1. The van der Waals surface area contributed by atoms with Gasteiger partial charge in [-0.1, -0.05) is 0 Å². The van der Waals surface area contributed by atoms with E-state index in [1.165, 1.54) is 12.8 Å². The van der Waals surface area contributed by atoms with Gasteiger partial charge in [-0.05, 0) is 25.0 Å². The summed E-state index contributed by atoms with van der Waals surface area (Å²) in [5, 5.41) is 3.24. The predicted octanol–water partition coefficient (Wildman–Crippen LogP) is 1.47. The Bertz CT molecular complexity index is 294. The summed E-state index contributed by atoms with van der Waals surface area (Å²) in [4.78, 5) is 14.5. The lowest BCUT2D eigenvalue weighted by atomic mass is 10.3. The smallest absolute Gasteiger partial charge is 0.170 e. The van der Waals surface area contributed by atoms with Crippen LogP contribution in [0.5, 0.6) is 0 Å². The largest absolute Gasteiger partial charge is 0.380 e. The summed E-state index contributed by atoms with van der Waals surface area (Å²) in [6, 6.07) is 4.28. The summed E-state index contributed by atoms with van der Waals surface area (Å²) < 4.78 is 0. The van der Waals surface area contributed by atoms with Crippen molar-refractivity contribution in [1.82, 2.24) is 4.98 Å². The van der Waals surface area contributed by atoms with Gasteiger partial charge in [-0.2, -0.15) is 0 Å². The lowest BCUT2D eigenvalue weighted by Gasteiger charge is -2.04. The number of nitrogens with one attached hydrogen (secondary N) is 1. The highest BCUT2D eigenvalue weighted by molar-refractivity contribution is 5.81. The van der Waals surface area contributed by atoms with E-state index in [1.807, 2.05) is 12.1 Å². The van der Waals surface area contributed by atoms with Gasteiger partial charge in [0.2, 0.25) is 0 Å². The monoisotopic (exact) mass is 162 g/mol. The van der Waals surface area contributed by atoms with Crippen molar-refractivity contribution < 1.29 is 4.79 Å². The first kappa shape index (κ1) is 7.28. The third-order valence-electron chi connectivity index (χ3n) is 1.89. The van der Waals surface area contributed by atoms with E-state index >= 15 is 0 Å². The van der Waals surface area contributed by atoms with Gasteiger partial charge in [0.15, 0.2) is 6.29 Å². The zero-order chi connectivity index (χ0) is 8.39. The van der Waals surface area contributed by atoms with Crippen LogP contribution in [0.4, 0.5) is 5.69 Å². The number of anilines is 1. The number of aldehydes is 1. The van der Waals surface area contributed by atoms with Gasteiger partial charge in [-0.3, -0.25) is 9.78 Å². The SMILES string of the molecule is O=Cc1ncccc1NC1CC1. The summed E-state index contributed by atoms with van der Waals surface area (Å²) in [6.07, 6.45) is 4.81. The van der Waals surface area contributed by atoms with Crippen molar-refractivity contribution in [3.05, 3.63) is 24.0 Å². The van der Waals surface area contributed by atoms with Gasteiger partial charge in [-0.15, -0.1) is 0 Å². The first-order valence-electron chi connectivity index (χ1n) is 4.07. The molecule has 12 heavy (non-hydrogen) atoms. The van der Waals surface area contributed by atoms with Gasteiger partial charge in [0.1, 0.15) is 5.69 Å². The maximum Gasteiger partial charge on any atom is 0.170 e. The molecule has 0 unspecified atom stereocenters. The van der Waals surface area contributed by atoms with Crippen LogP contribution in [0.2, 0.25) is 0 Å². The summed E-state index contributed by atoms with van der Waals surface area (Å²) >= 11 is 0. The van der Waals surface area contributed by atoms with Crippen molar-refractivity contribution in [2.75, 3.05) is 5.32 Å². The van der Waals surface area contributed by atoms with Crippen molar-refractivity contribution in [2.24, 2.45) is 0 Å². The molecule has 1 saturated carbocycles. The van der Waals surface area contributed by atoms with Gasteiger partial charge in [0.05, 0.1) is 5.69 Å². The molecule has 3 nitrogen and oxygen atoms in total. The summed E-state index contributed by atoms with van der Waals surface area (Å²) in [7, 11) is 0. The van der Waals surface area contributed by atoms with E-state index in [0.29, 0.717) is 11.7 Å². The van der Waals surface area contributed by atoms with Crippen molar-refractivity contribution in [1.29, 1.82) is 0 Å². The number of rotatable bonds is 3. The Morgan fingerprint density at radius 3 is 3.08 bits per heavy atom. The number of carbonyl (C=O) groups excluding carboxylic acids is 1. The number of nitrogens with zero attached hydrogens (tertiary/aromatic N) is 1. The average Bonchev–Trinajstić information content (AvgIpc) is 2.89. The molecule has 1 fully saturated rings. The minimum Gasteiger partial charge on any atom is -0.380 e. The van der Waals surface area contributed by atoms with E-state index in [4.69, 9.17) is 0 Å². The number of pyridine rings is 1. The molecule has 1 aromatic heterocycles. The van der Waals surface area contributed by atoms with Crippen LogP contribution in [0.1, 0.15) is 23.3 Å². The second-order valence-electron chi connectivity index (χ2n) is 2.97. The summed E-state index contributed by atoms with van der Waals surface area (Å²) in [5.74, 6) is 0. The lowest BCUT2D eigenvalue weighted by Crippen LogP contribution is -2.04. The van der Waals surface area contributed by atoms with Crippen LogP contribution < -0.4 is 5.32 Å². The Hall–Kier alpha value is -1.38. The summed E-state index contributed by atoms with van der Waals surface area (Å²) in [5.41, 5.74) is 1.36. The minimum absolute atomic E-state index is 0.504. The predicted molar refractivity (Wildman–Crippen MR) is 46.3 cm³/mol. The lowest BCUT2D eigenvalue weighted by molar-refractivity contribution is 0.112. The van der Waals surface area contributed by atoms with Gasteiger partial charge < -0.3 is 5.32 Å². The topological polar surface area (TPSA) is 42.0 Å². The van der Waals surface area contributed by atoms with Crippen LogP contribution in [-0.4, -0.2) is 17.3 Å². The molecule has 62 valence electrons. The standard InChI is InChI=1S/C9H10N2O/c12-6-9-8(2-1-5-10-9)11-7-3-4-7/h1-2,5-7,11H,3-4H2. The summed E-state index contributed by atoms with van der Waals surface area (Å²) in [6.45, 7) is 0. The highest BCUT2D eigenvalue weighted by atomic mass is 16.1. The number of carbonyl (C=O) groups is 1. The Morgan fingerprint density at radius 1 is 1.58 bits per heavy atom. The van der Waals surface area contributed by atoms with E-state index in [1.54, 1.807) is 6.20 Å². The van der Waals surface area contributed by atoms with Crippen LogP contribution >= 0.6 is 0 Å². The molecule has 0 spiro atoms. The first-order valence-corrected chi connectivity index (χ1v) is 4.07. The molecule has 3 heteroatoms. The fourth-order valence-corrected chi connectivity index (χ4v) is 1.08. The van der Waals surface area contributed by atoms with E-state index in [9.17, 15) is 4.79 Å². The molecule has 1 aromatic rings. The second kappa shape index (κ2) is 2.93. The van der Waals surface area contributed by atoms with E-state index in [0.717, 1.165) is 12.0 Å². The van der Waals surface area contributed by atoms with E-state index in [2.05, 4.69) is 10.3 Å². The highest BCUT2D eigenvalue weighted by Gasteiger charge is 2.21. The van der Waals surface area contributed by atoms with Gasteiger partial charge in [0, 0.05) is 12.2 Å². The normalized spacial score (nSPS) is 15.7. The molecule has 1 heterocycles. The molecule has 1 aliphatic rings. The minimum atomic E-state index is 0.504. The number of hydrogen-bond acceptors (Lipinski definition) is 3. The van der Waals surface area contributed by atoms with Crippen LogP contribution in [0.25, 0.3) is 0 Å². The van der Waals surface area contributed by atoms with Gasteiger partial charge >= 0.3 is 0 Å². The van der Waals surface area contributed by atoms with Crippen molar-refractivity contribution in [3.8, 4) is 0 Å². The highest BCUT2D eigenvalue weighted by Crippen LogP contribution is 2.25. The van der Waals surface area contributed by atoms with Gasteiger partial charge in [0.25, 0.3) is 0 Å². The van der Waals surface area contributed by atoms with Crippen LogP contribution in [-0.2, 0) is 0 Å². The Morgan fingerprint density at radius 2 is 2.42 bits per heavy atom. The quantitative estimate of drug-likeness (QED) is 0.684. The molecule has 1 N–H and O–H groups in total. The molecule has 0 radical (unpaired) electrons. The average molecular weight is 162 g/mol. The molecule has 0 bridgehead atoms.